The van der Waals surface area contributed by atoms with Crippen molar-refractivity contribution in [2.45, 2.75) is 32.7 Å². The van der Waals surface area contributed by atoms with Crippen LogP contribution in [0.3, 0.4) is 0 Å². The lowest BCUT2D eigenvalue weighted by Gasteiger charge is -2.16. The van der Waals surface area contributed by atoms with E-state index in [0.717, 1.165) is 18.5 Å². The van der Waals surface area contributed by atoms with Gasteiger partial charge in [0.05, 0.1) is 12.7 Å². The number of carbonyl (C=O) groups is 1. The van der Waals surface area contributed by atoms with Crippen molar-refractivity contribution in [3.8, 4) is 0 Å². The minimum absolute atomic E-state index is 0.299. The monoisotopic (exact) mass is 221 g/mol. The topological polar surface area (TPSA) is 38.3 Å². The molecular weight excluding hydrogens is 202 g/mol. The Balaban J connectivity index is 2.82. The molecule has 0 radical (unpaired) electrons. The number of anilines is 1. The molecule has 16 heavy (non-hydrogen) atoms. The van der Waals surface area contributed by atoms with Gasteiger partial charge < -0.3 is 10.1 Å². The number of hydrogen-bond acceptors (Lipinski definition) is 3. The Morgan fingerprint density at radius 1 is 1.44 bits per heavy atom. The van der Waals surface area contributed by atoms with Gasteiger partial charge in [-0.1, -0.05) is 25.5 Å². The Hall–Kier alpha value is -1.51. The predicted molar refractivity (Wildman–Crippen MR) is 65.8 cm³/mol. The summed E-state index contributed by atoms with van der Waals surface area (Å²) in [4.78, 5) is 11.5. The Bertz CT molecular complexity index is 350. The highest BCUT2D eigenvalue weighted by Crippen LogP contribution is 2.17. The minimum Gasteiger partial charge on any atom is -0.465 e. The summed E-state index contributed by atoms with van der Waals surface area (Å²) in [5.41, 5.74) is 1.43. The van der Waals surface area contributed by atoms with Gasteiger partial charge in [0.15, 0.2) is 0 Å². The van der Waals surface area contributed by atoms with Crippen LogP contribution in [-0.2, 0) is 4.74 Å². The average molecular weight is 221 g/mol. The molecule has 3 heteroatoms. The van der Waals surface area contributed by atoms with E-state index < -0.39 is 0 Å². The summed E-state index contributed by atoms with van der Waals surface area (Å²) in [6, 6.07) is 7.77. The summed E-state index contributed by atoms with van der Waals surface area (Å²) in [6.07, 6.45) is 2.20. The Morgan fingerprint density at radius 3 is 2.75 bits per heavy atom. The number of hydrogen-bond donors (Lipinski definition) is 1. The van der Waals surface area contributed by atoms with Crippen LogP contribution in [0.25, 0.3) is 0 Å². The molecular formula is C13H19NO2. The van der Waals surface area contributed by atoms with Crippen LogP contribution < -0.4 is 5.32 Å². The summed E-state index contributed by atoms with van der Waals surface area (Å²) < 4.78 is 4.74. The largest absolute Gasteiger partial charge is 0.465 e. The van der Waals surface area contributed by atoms with Crippen molar-refractivity contribution in [3.05, 3.63) is 29.8 Å². The first-order valence-corrected chi connectivity index (χ1v) is 5.63. The lowest BCUT2D eigenvalue weighted by atomic mass is 10.1. The zero-order chi connectivity index (χ0) is 12.0. The zero-order valence-corrected chi connectivity index (χ0v) is 10.1. The molecule has 0 heterocycles. The zero-order valence-electron chi connectivity index (χ0n) is 10.1. The molecule has 1 rings (SSSR count). The Morgan fingerprint density at radius 2 is 2.12 bits per heavy atom. The first-order chi connectivity index (χ1) is 7.69. The predicted octanol–water partition coefficient (Wildman–Crippen LogP) is 3.07. The highest BCUT2D eigenvalue weighted by Gasteiger charge is 2.11. The van der Waals surface area contributed by atoms with E-state index in [1.165, 1.54) is 7.11 Å². The number of esters is 1. The Kier molecular flexibility index (Phi) is 4.83. The highest BCUT2D eigenvalue weighted by molar-refractivity contribution is 5.95. The summed E-state index contributed by atoms with van der Waals surface area (Å²) in [7, 11) is 1.40. The van der Waals surface area contributed by atoms with Gasteiger partial charge in [-0.3, -0.25) is 0 Å². The molecule has 1 atom stereocenters. The molecule has 0 saturated heterocycles. The van der Waals surface area contributed by atoms with E-state index in [0.29, 0.717) is 11.6 Å². The molecule has 88 valence electrons. The van der Waals surface area contributed by atoms with E-state index in [1.807, 2.05) is 18.2 Å². The second-order valence-corrected chi connectivity index (χ2v) is 3.87. The third kappa shape index (κ3) is 3.26. The molecule has 1 unspecified atom stereocenters. The van der Waals surface area contributed by atoms with E-state index in [4.69, 9.17) is 4.74 Å². The van der Waals surface area contributed by atoms with Crippen molar-refractivity contribution in [2.75, 3.05) is 12.4 Å². The summed E-state index contributed by atoms with van der Waals surface area (Å²) in [5.74, 6) is -0.299. The van der Waals surface area contributed by atoms with E-state index in [1.54, 1.807) is 6.07 Å². The van der Waals surface area contributed by atoms with Gasteiger partial charge in [0, 0.05) is 11.7 Å². The van der Waals surface area contributed by atoms with Crippen molar-refractivity contribution >= 4 is 11.7 Å². The van der Waals surface area contributed by atoms with E-state index in [2.05, 4.69) is 19.2 Å². The molecule has 0 fully saturated rings. The molecule has 0 aliphatic heterocycles. The number of benzene rings is 1. The van der Waals surface area contributed by atoms with Gasteiger partial charge in [-0.25, -0.2) is 4.79 Å². The summed E-state index contributed by atoms with van der Waals surface area (Å²) in [5, 5.41) is 3.33. The number of carbonyl (C=O) groups excluding carboxylic acids is 1. The SMILES string of the molecule is CCCC(C)Nc1ccccc1C(=O)OC. The van der Waals surface area contributed by atoms with Crippen molar-refractivity contribution in [1.82, 2.24) is 0 Å². The van der Waals surface area contributed by atoms with Crippen LogP contribution in [0.1, 0.15) is 37.0 Å². The van der Waals surface area contributed by atoms with Crippen LogP contribution in [-0.4, -0.2) is 19.1 Å². The third-order valence-corrected chi connectivity index (χ3v) is 2.46. The molecule has 0 aliphatic carbocycles. The normalized spacial score (nSPS) is 11.9. The molecule has 0 saturated carbocycles. The quantitative estimate of drug-likeness (QED) is 0.776. The van der Waals surface area contributed by atoms with Gasteiger partial charge in [-0.15, -0.1) is 0 Å². The number of ether oxygens (including phenoxy) is 1. The molecule has 0 aliphatic rings. The highest BCUT2D eigenvalue weighted by atomic mass is 16.5. The maximum atomic E-state index is 11.5. The molecule has 1 aromatic carbocycles. The lowest BCUT2D eigenvalue weighted by molar-refractivity contribution is 0.0602. The number of methoxy groups -OCH3 is 1. The van der Waals surface area contributed by atoms with Crippen molar-refractivity contribution in [1.29, 1.82) is 0 Å². The average Bonchev–Trinajstić information content (AvgIpc) is 2.29. The number of nitrogens with one attached hydrogen (secondary N) is 1. The minimum atomic E-state index is -0.299. The molecule has 0 bridgehead atoms. The molecule has 1 aromatic rings. The first-order valence-electron chi connectivity index (χ1n) is 5.63. The van der Waals surface area contributed by atoms with E-state index >= 15 is 0 Å². The van der Waals surface area contributed by atoms with Gasteiger partial charge in [0.1, 0.15) is 0 Å². The van der Waals surface area contributed by atoms with Gasteiger partial charge in [0.25, 0.3) is 0 Å². The summed E-state index contributed by atoms with van der Waals surface area (Å²) >= 11 is 0. The number of para-hydroxylation sites is 1. The fraction of sp³-hybridized carbons (Fsp3) is 0.462. The maximum absolute atomic E-state index is 11.5. The fourth-order valence-electron chi connectivity index (χ4n) is 1.67. The second kappa shape index (κ2) is 6.16. The maximum Gasteiger partial charge on any atom is 0.339 e. The van der Waals surface area contributed by atoms with E-state index in [9.17, 15) is 4.79 Å². The van der Waals surface area contributed by atoms with Crippen LogP contribution in [0.4, 0.5) is 5.69 Å². The van der Waals surface area contributed by atoms with Gasteiger partial charge >= 0.3 is 5.97 Å². The molecule has 3 nitrogen and oxygen atoms in total. The van der Waals surface area contributed by atoms with Crippen molar-refractivity contribution in [3.63, 3.8) is 0 Å². The van der Waals surface area contributed by atoms with Crippen LogP contribution in [0.5, 0.6) is 0 Å². The molecule has 0 spiro atoms. The van der Waals surface area contributed by atoms with Crippen molar-refractivity contribution < 1.29 is 9.53 Å². The third-order valence-electron chi connectivity index (χ3n) is 2.46. The summed E-state index contributed by atoms with van der Waals surface area (Å²) in [6.45, 7) is 4.25. The number of rotatable bonds is 5. The van der Waals surface area contributed by atoms with Crippen LogP contribution in [0.2, 0.25) is 0 Å². The van der Waals surface area contributed by atoms with Crippen LogP contribution in [0, 0.1) is 0 Å². The molecule has 0 aromatic heterocycles. The van der Waals surface area contributed by atoms with E-state index in [-0.39, 0.29) is 5.97 Å². The molecule has 1 N–H and O–H groups in total. The first kappa shape index (κ1) is 12.6. The van der Waals surface area contributed by atoms with Crippen LogP contribution >= 0.6 is 0 Å². The van der Waals surface area contributed by atoms with Crippen LogP contribution in [0.15, 0.2) is 24.3 Å². The van der Waals surface area contributed by atoms with Gasteiger partial charge in [-0.2, -0.15) is 0 Å². The fourth-order valence-corrected chi connectivity index (χ4v) is 1.67. The Labute approximate surface area is 96.8 Å². The second-order valence-electron chi connectivity index (χ2n) is 3.87. The smallest absolute Gasteiger partial charge is 0.339 e. The van der Waals surface area contributed by atoms with Crippen molar-refractivity contribution in [2.24, 2.45) is 0 Å². The lowest BCUT2D eigenvalue weighted by Crippen LogP contribution is -2.17. The van der Waals surface area contributed by atoms with Gasteiger partial charge in [-0.05, 0) is 25.5 Å². The van der Waals surface area contributed by atoms with Gasteiger partial charge in [0.2, 0.25) is 0 Å². The molecule has 0 amide bonds. The standard InChI is InChI=1S/C13H19NO2/c1-4-7-10(2)14-12-9-6-5-8-11(12)13(15)16-3/h5-6,8-10,14H,4,7H2,1-3H3.